The lowest BCUT2D eigenvalue weighted by Crippen LogP contribution is -2.07. The van der Waals surface area contributed by atoms with E-state index in [4.69, 9.17) is 14.2 Å². The van der Waals surface area contributed by atoms with Gasteiger partial charge in [-0.1, -0.05) is 68.7 Å². The molecule has 0 atom stereocenters. The molecule has 0 bridgehead atoms. The third kappa shape index (κ3) is 6.89. The highest BCUT2D eigenvalue weighted by atomic mass is 16.5. The molecule has 0 heterocycles. The summed E-state index contributed by atoms with van der Waals surface area (Å²) in [5.74, 6) is 0.480. The van der Waals surface area contributed by atoms with Gasteiger partial charge in [-0.3, -0.25) is 0 Å². The van der Waals surface area contributed by atoms with Crippen molar-refractivity contribution >= 4 is 16.7 Å². The van der Waals surface area contributed by atoms with Crippen molar-refractivity contribution in [1.29, 1.82) is 0 Å². The summed E-state index contributed by atoms with van der Waals surface area (Å²) < 4.78 is 16.8. The van der Waals surface area contributed by atoms with Crippen LogP contribution in [0.5, 0.6) is 5.75 Å². The van der Waals surface area contributed by atoms with Crippen LogP contribution in [0.1, 0.15) is 48.5 Å². The van der Waals surface area contributed by atoms with Gasteiger partial charge in [0.2, 0.25) is 0 Å². The van der Waals surface area contributed by atoms with Gasteiger partial charge < -0.3 is 14.2 Å². The standard InChI is InChI=1S/C26H30O4/c1-2-3-4-8-15-28-16-17-29-25-14-13-22-18-24(12-11-23(22)19-25)26(27)30-20-21-9-6-5-7-10-21/h5-7,9-14,18-19H,2-4,8,15-17,20H2,1H3. The molecule has 3 aromatic rings. The van der Waals surface area contributed by atoms with Crippen molar-refractivity contribution in [1.82, 2.24) is 0 Å². The molecule has 0 fully saturated rings. The Balaban J connectivity index is 1.47. The number of carbonyl (C=O) groups is 1. The molecule has 30 heavy (non-hydrogen) atoms. The molecule has 0 aromatic heterocycles. The van der Waals surface area contributed by atoms with Crippen LogP contribution in [0.15, 0.2) is 66.7 Å². The molecule has 0 unspecified atom stereocenters. The lowest BCUT2D eigenvalue weighted by atomic mass is 10.1. The molecule has 0 aliphatic heterocycles. The van der Waals surface area contributed by atoms with Crippen molar-refractivity contribution in [2.24, 2.45) is 0 Å². The largest absolute Gasteiger partial charge is 0.491 e. The predicted octanol–water partition coefficient (Wildman–Crippen LogP) is 6.17. The smallest absolute Gasteiger partial charge is 0.338 e. The maximum atomic E-state index is 12.4. The average molecular weight is 407 g/mol. The van der Waals surface area contributed by atoms with E-state index >= 15 is 0 Å². The Bertz CT molecular complexity index is 921. The van der Waals surface area contributed by atoms with Crippen LogP contribution >= 0.6 is 0 Å². The van der Waals surface area contributed by atoms with Crippen LogP contribution in [0.3, 0.4) is 0 Å². The molecule has 0 aliphatic rings. The third-order valence-corrected chi connectivity index (χ3v) is 4.90. The Kier molecular flexibility index (Phi) is 8.73. The topological polar surface area (TPSA) is 44.8 Å². The summed E-state index contributed by atoms with van der Waals surface area (Å²) in [6, 6.07) is 21.1. The second-order valence-electron chi connectivity index (χ2n) is 7.31. The molecule has 0 spiro atoms. The van der Waals surface area contributed by atoms with Gasteiger partial charge in [0.1, 0.15) is 19.0 Å². The van der Waals surface area contributed by atoms with Gasteiger partial charge in [0.15, 0.2) is 0 Å². The van der Waals surface area contributed by atoms with Crippen LogP contribution in [-0.2, 0) is 16.1 Å². The Morgan fingerprint density at radius 2 is 1.60 bits per heavy atom. The maximum Gasteiger partial charge on any atom is 0.338 e. The molecule has 3 aromatic carbocycles. The molecule has 0 aliphatic carbocycles. The van der Waals surface area contributed by atoms with E-state index in [1.54, 1.807) is 6.07 Å². The highest BCUT2D eigenvalue weighted by Crippen LogP contribution is 2.22. The lowest BCUT2D eigenvalue weighted by Gasteiger charge is -2.09. The van der Waals surface area contributed by atoms with E-state index in [0.29, 0.717) is 18.8 Å². The van der Waals surface area contributed by atoms with E-state index in [-0.39, 0.29) is 12.6 Å². The number of esters is 1. The van der Waals surface area contributed by atoms with Gasteiger partial charge in [-0.15, -0.1) is 0 Å². The molecule has 4 nitrogen and oxygen atoms in total. The summed E-state index contributed by atoms with van der Waals surface area (Å²) in [5, 5.41) is 2.00. The van der Waals surface area contributed by atoms with E-state index in [9.17, 15) is 4.79 Å². The van der Waals surface area contributed by atoms with Gasteiger partial charge in [-0.05, 0) is 47.0 Å². The van der Waals surface area contributed by atoms with Crippen LogP contribution in [0.25, 0.3) is 10.8 Å². The maximum absolute atomic E-state index is 12.4. The highest BCUT2D eigenvalue weighted by Gasteiger charge is 2.09. The molecule has 158 valence electrons. The van der Waals surface area contributed by atoms with Crippen molar-refractivity contribution < 1.29 is 19.0 Å². The molecule has 0 N–H and O–H groups in total. The molecule has 0 amide bonds. The van der Waals surface area contributed by atoms with Crippen molar-refractivity contribution in [2.75, 3.05) is 19.8 Å². The van der Waals surface area contributed by atoms with Crippen LogP contribution in [0.2, 0.25) is 0 Å². The number of hydrogen-bond donors (Lipinski definition) is 0. The first-order valence-electron chi connectivity index (χ1n) is 10.7. The second-order valence-corrected chi connectivity index (χ2v) is 7.31. The number of fused-ring (bicyclic) bond motifs is 1. The van der Waals surface area contributed by atoms with Gasteiger partial charge in [0.05, 0.1) is 12.2 Å². The minimum absolute atomic E-state index is 0.269. The normalized spacial score (nSPS) is 10.8. The van der Waals surface area contributed by atoms with E-state index in [0.717, 1.165) is 35.1 Å². The Morgan fingerprint density at radius 3 is 2.43 bits per heavy atom. The number of rotatable bonds is 12. The fourth-order valence-corrected chi connectivity index (χ4v) is 3.20. The zero-order chi connectivity index (χ0) is 21.0. The zero-order valence-corrected chi connectivity index (χ0v) is 17.6. The summed E-state index contributed by atoms with van der Waals surface area (Å²) in [7, 11) is 0. The monoisotopic (exact) mass is 406 g/mol. The molecule has 3 rings (SSSR count). The van der Waals surface area contributed by atoms with Gasteiger partial charge in [-0.2, -0.15) is 0 Å². The number of carbonyl (C=O) groups excluding carboxylic acids is 1. The predicted molar refractivity (Wildman–Crippen MR) is 120 cm³/mol. The highest BCUT2D eigenvalue weighted by molar-refractivity contribution is 5.95. The summed E-state index contributed by atoms with van der Waals surface area (Å²) in [6.45, 7) is 4.39. The minimum Gasteiger partial charge on any atom is -0.491 e. The quantitative estimate of drug-likeness (QED) is 0.266. The van der Waals surface area contributed by atoms with Gasteiger partial charge >= 0.3 is 5.97 Å². The SMILES string of the molecule is CCCCCCOCCOc1ccc2cc(C(=O)OCc3ccccc3)ccc2c1. The van der Waals surface area contributed by atoms with E-state index < -0.39 is 0 Å². The van der Waals surface area contributed by atoms with Crippen molar-refractivity contribution in [2.45, 2.75) is 39.2 Å². The second kappa shape index (κ2) is 12.0. The molecule has 0 radical (unpaired) electrons. The van der Waals surface area contributed by atoms with Crippen LogP contribution in [-0.4, -0.2) is 25.8 Å². The minimum atomic E-state index is -0.322. The summed E-state index contributed by atoms with van der Waals surface area (Å²) in [4.78, 5) is 12.4. The Morgan fingerprint density at radius 1 is 0.800 bits per heavy atom. The first-order valence-corrected chi connectivity index (χ1v) is 10.7. The van der Waals surface area contributed by atoms with Crippen LogP contribution in [0.4, 0.5) is 0 Å². The number of ether oxygens (including phenoxy) is 3. The van der Waals surface area contributed by atoms with E-state index in [1.807, 2.05) is 60.7 Å². The Labute approximate surface area is 178 Å². The number of hydrogen-bond acceptors (Lipinski definition) is 4. The Hall–Kier alpha value is -2.85. The molecule has 4 heteroatoms. The first kappa shape index (κ1) is 21.8. The molecule has 0 saturated carbocycles. The average Bonchev–Trinajstić information content (AvgIpc) is 2.79. The van der Waals surface area contributed by atoms with Gasteiger partial charge in [0.25, 0.3) is 0 Å². The van der Waals surface area contributed by atoms with E-state index in [2.05, 4.69) is 6.92 Å². The van der Waals surface area contributed by atoms with Crippen LogP contribution < -0.4 is 4.74 Å². The molecule has 0 saturated heterocycles. The summed E-state index contributed by atoms with van der Waals surface area (Å²) in [5.41, 5.74) is 1.52. The number of unbranched alkanes of at least 4 members (excludes halogenated alkanes) is 3. The summed E-state index contributed by atoms with van der Waals surface area (Å²) in [6.07, 6.45) is 4.84. The zero-order valence-electron chi connectivity index (χ0n) is 17.6. The fourth-order valence-electron chi connectivity index (χ4n) is 3.20. The number of benzene rings is 3. The molecular weight excluding hydrogens is 376 g/mol. The van der Waals surface area contributed by atoms with Crippen LogP contribution in [0, 0.1) is 0 Å². The van der Waals surface area contributed by atoms with Crippen molar-refractivity contribution in [3.05, 3.63) is 77.9 Å². The lowest BCUT2D eigenvalue weighted by molar-refractivity contribution is 0.0473. The van der Waals surface area contributed by atoms with Crippen molar-refractivity contribution in [3.8, 4) is 5.75 Å². The van der Waals surface area contributed by atoms with E-state index in [1.165, 1.54) is 19.3 Å². The third-order valence-electron chi connectivity index (χ3n) is 4.90. The van der Waals surface area contributed by atoms with Gasteiger partial charge in [0, 0.05) is 6.61 Å². The van der Waals surface area contributed by atoms with Crippen molar-refractivity contribution in [3.63, 3.8) is 0 Å². The summed E-state index contributed by atoms with van der Waals surface area (Å²) >= 11 is 0. The van der Waals surface area contributed by atoms with Gasteiger partial charge in [-0.25, -0.2) is 4.79 Å². The first-order chi connectivity index (χ1) is 14.8. The molecular formula is C26H30O4. The fraction of sp³-hybridized carbons (Fsp3) is 0.346.